The zero-order valence-electron chi connectivity index (χ0n) is 13.4. The summed E-state index contributed by atoms with van der Waals surface area (Å²) >= 11 is 0. The van der Waals surface area contributed by atoms with Gasteiger partial charge in [-0.1, -0.05) is 37.3 Å². The highest BCUT2D eigenvalue weighted by Gasteiger charge is 2.39. The van der Waals surface area contributed by atoms with E-state index in [0.29, 0.717) is 18.5 Å². The molecule has 1 amide bonds. The Labute approximate surface area is 133 Å². The topological polar surface area (TPSA) is 49.6 Å². The minimum absolute atomic E-state index is 0.196. The van der Waals surface area contributed by atoms with Crippen molar-refractivity contribution in [2.45, 2.75) is 50.7 Å². The predicted molar refractivity (Wildman–Crippen MR) is 88.4 cm³/mol. The molecule has 2 N–H and O–H groups in total. The first-order valence-corrected chi connectivity index (χ1v) is 8.53. The van der Waals surface area contributed by atoms with Crippen LogP contribution in [0.3, 0.4) is 0 Å². The van der Waals surface area contributed by atoms with E-state index in [-0.39, 0.29) is 11.9 Å². The van der Waals surface area contributed by atoms with Gasteiger partial charge in [-0.15, -0.1) is 0 Å². The van der Waals surface area contributed by atoms with Crippen LogP contribution in [-0.4, -0.2) is 47.4 Å². The summed E-state index contributed by atoms with van der Waals surface area (Å²) in [5.74, 6) is 0.238. The molecule has 1 aromatic carbocycles. The molecule has 4 heteroatoms. The molecule has 120 valence electrons. The van der Waals surface area contributed by atoms with Crippen LogP contribution in [0.25, 0.3) is 0 Å². The summed E-state index contributed by atoms with van der Waals surface area (Å²) < 4.78 is 0. The van der Waals surface area contributed by atoms with Gasteiger partial charge in [-0.05, 0) is 31.4 Å². The maximum absolute atomic E-state index is 12.8. The van der Waals surface area contributed by atoms with E-state index in [0.717, 1.165) is 44.5 Å². The molecule has 2 heterocycles. The zero-order valence-corrected chi connectivity index (χ0v) is 13.4. The Bertz CT molecular complexity index is 504. The van der Waals surface area contributed by atoms with Gasteiger partial charge >= 0.3 is 0 Å². The van der Waals surface area contributed by atoms with E-state index >= 15 is 0 Å². The normalized spacial score (nSPS) is 26.7. The summed E-state index contributed by atoms with van der Waals surface area (Å²) in [7, 11) is 0. The lowest BCUT2D eigenvalue weighted by atomic mass is 10.0. The van der Waals surface area contributed by atoms with E-state index in [9.17, 15) is 4.79 Å². The predicted octanol–water partition coefficient (Wildman–Crippen LogP) is 2.16. The summed E-state index contributed by atoms with van der Waals surface area (Å²) in [4.78, 5) is 17.5. The average molecular weight is 301 g/mol. The summed E-state index contributed by atoms with van der Waals surface area (Å²) in [6.45, 7) is 5.43. The number of nitrogens with zero attached hydrogens (tertiary/aromatic N) is 2. The Morgan fingerprint density at radius 3 is 2.68 bits per heavy atom. The summed E-state index contributed by atoms with van der Waals surface area (Å²) in [5, 5.41) is 0. The molecular weight excluding hydrogens is 274 g/mol. The molecule has 0 radical (unpaired) electrons. The second-order valence-electron chi connectivity index (χ2n) is 6.59. The zero-order chi connectivity index (χ0) is 15.5. The van der Waals surface area contributed by atoms with Gasteiger partial charge in [0, 0.05) is 37.6 Å². The van der Waals surface area contributed by atoms with Gasteiger partial charge in [0.1, 0.15) is 0 Å². The van der Waals surface area contributed by atoms with Crippen LogP contribution in [0.5, 0.6) is 0 Å². The standard InChI is InChI=1S/C18H27N3O/c1-2-20-11-10-15-8-9-16(13-20)21(15)18(22)12-17(19)14-6-4-3-5-7-14/h3-7,15-17H,2,8-13,19H2,1H3. The number of nitrogens with two attached hydrogens (primary N) is 1. The Hall–Kier alpha value is -1.39. The van der Waals surface area contributed by atoms with Gasteiger partial charge in [0.15, 0.2) is 0 Å². The number of carbonyl (C=O) groups is 1. The fourth-order valence-corrected chi connectivity index (χ4v) is 3.95. The number of likely N-dealkylation sites (N-methyl/N-ethyl adjacent to an activating group) is 1. The van der Waals surface area contributed by atoms with Crippen LogP contribution in [0.4, 0.5) is 0 Å². The molecular formula is C18H27N3O. The molecule has 2 saturated heterocycles. The number of benzene rings is 1. The maximum Gasteiger partial charge on any atom is 0.225 e. The number of hydrogen-bond acceptors (Lipinski definition) is 3. The highest BCUT2D eigenvalue weighted by atomic mass is 16.2. The van der Waals surface area contributed by atoms with Crippen LogP contribution < -0.4 is 5.73 Å². The molecule has 2 fully saturated rings. The Balaban J connectivity index is 1.67. The quantitative estimate of drug-likeness (QED) is 0.927. The van der Waals surface area contributed by atoms with Crippen LogP contribution in [0, 0.1) is 0 Å². The van der Waals surface area contributed by atoms with E-state index in [4.69, 9.17) is 5.73 Å². The van der Waals surface area contributed by atoms with Crippen molar-refractivity contribution in [3.8, 4) is 0 Å². The maximum atomic E-state index is 12.8. The summed E-state index contributed by atoms with van der Waals surface area (Å²) in [6, 6.07) is 10.6. The third-order valence-corrected chi connectivity index (χ3v) is 5.22. The van der Waals surface area contributed by atoms with Gasteiger partial charge in [-0.2, -0.15) is 0 Å². The van der Waals surface area contributed by atoms with Crippen LogP contribution in [-0.2, 0) is 4.79 Å². The van der Waals surface area contributed by atoms with Gasteiger partial charge in [0.25, 0.3) is 0 Å². The summed E-state index contributed by atoms with van der Waals surface area (Å²) in [6.07, 6.45) is 3.84. The minimum Gasteiger partial charge on any atom is -0.335 e. The second-order valence-corrected chi connectivity index (χ2v) is 6.59. The van der Waals surface area contributed by atoms with Crippen molar-refractivity contribution in [3.63, 3.8) is 0 Å². The Kier molecular flexibility index (Phi) is 4.79. The van der Waals surface area contributed by atoms with Crippen molar-refractivity contribution in [3.05, 3.63) is 35.9 Å². The van der Waals surface area contributed by atoms with Crippen molar-refractivity contribution >= 4 is 5.91 Å². The van der Waals surface area contributed by atoms with Crippen molar-refractivity contribution in [2.24, 2.45) is 5.73 Å². The molecule has 0 spiro atoms. The molecule has 1 aromatic rings. The number of rotatable bonds is 4. The van der Waals surface area contributed by atoms with Crippen LogP contribution in [0.15, 0.2) is 30.3 Å². The van der Waals surface area contributed by atoms with Gasteiger partial charge < -0.3 is 15.5 Å². The smallest absolute Gasteiger partial charge is 0.225 e. The molecule has 2 aliphatic heterocycles. The SMILES string of the molecule is CCN1CCC2CCC(C1)N2C(=O)CC(N)c1ccccc1. The molecule has 0 aliphatic carbocycles. The van der Waals surface area contributed by atoms with E-state index in [1.807, 2.05) is 30.3 Å². The fraction of sp³-hybridized carbons (Fsp3) is 0.611. The van der Waals surface area contributed by atoms with Crippen molar-refractivity contribution in [1.82, 2.24) is 9.80 Å². The Morgan fingerprint density at radius 1 is 1.23 bits per heavy atom. The molecule has 4 nitrogen and oxygen atoms in total. The first-order chi connectivity index (χ1) is 10.7. The van der Waals surface area contributed by atoms with E-state index in [1.54, 1.807) is 0 Å². The highest BCUT2D eigenvalue weighted by molar-refractivity contribution is 5.78. The Morgan fingerprint density at radius 2 is 1.95 bits per heavy atom. The minimum atomic E-state index is -0.196. The van der Waals surface area contributed by atoms with Crippen LogP contribution in [0.1, 0.15) is 44.2 Å². The van der Waals surface area contributed by atoms with E-state index < -0.39 is 0 Å². The molecule has 3 rings (SSSR count). The molecule has 22 heavy (non-hydrogen) atoms. The number of fused-ring (bicyclic) bond motifs is 2. The van der Waals surface area contributed by atoms with Crippen LogP contribution >= 0.6 is 0 Å². The third-order valence-electron chi connectivity index (χ3n) is 5.22. The lowest BCUT2D eigenvalue weighted by molar-refractivity contribution is -0.134. The lowest BCUT2D eigenvalue weighted by Gasteiger charge is -2.30. The number of hydrogen-bond donors (Lipinski definition) is 1. The number of carbonyl (C=O) groups excluding carboxylic acids is 1. The van der Waals surface area contributed by atoms with E-state index in [2.05, 4.69) is 16.7 Å². The monoisotopic (exact) mass is 301 g/mol. The lowest BCUT2D eigenvalue weighted by Crippen LogP contribution is -2.44. The molecule has 3 atom stereocenters. The fourth-order valence-electron chi connectivity index (χ4n) is 3.95. The first kappa shape index (κ1) is 15.5. The average Bonchev–Trinajstić information content (AvgIpc) is 2.83. The second kappa shape index (κ2) is 6.80. The van der Waals surface area contributed by atoms with Crippen LogP contribution in [0.2, 0.25) is 0 Å². The van der Waals surface area contributed by atoms with Gasteiger partial charge in [-0.3, -0.25) is 4.79 Å². The van der Waals surface area contributed by atoms with Gasteiger partial charge in [-0.25, -0.2) is 0 Å². The molecule has 2 aliphatic rings. The molecule has 0 saturated carbocycles. The van der Waals surface area contributed by atoms with Crippen molar-refractivity contribution < 1.29 is 4.79 Å². The van der Waals surface area contributed by atoms with Gasteiger partial charge in [0.05, 0.1) is 0 Å². The molecule has 0 aromatic heterocycles. The number of amides is 1. The highest BCUT2D eigenvalue weighted by Crippen LogP contribution is 2.31. The number of likely N-dealkylation sites (tertiary alicyclic amines) is 1. The van der Waals surface area contributed by atoms with Crippen molar-refractivity contribution in [1.29, 1.82) is 0 Å². The van der Waals surface area contributed by atoms with E-state index in [1.165, 1.54) is 0 Å². The van der Waals surface area contributed by atoms with Crippen molar-refractivity contribution in [2.75, 3.05) is 19.6 Å². The summed E-state index contributed by atoms with van der Waals surface area (Å²) in [5.41, 5.74) is 7.30. The van der Waals surface area contributed by atoms with Gasteiger partial charge in [0.2, 0.25) is 5.91 Å². The first-order valence-electron chi connectivity index (χ1n) is 8.53. The third kappa shape index (κ3) is 3.18. The molecule has 2 bridgehead atoms. The largest absolute Gasteiger partial charge is 0.335 e. The molecule has 3 unspecified atom stereocenters.